The van der Waals surface area contributed by atoms with Crippen LogP contribution in [0, 0.1) is 5.92 Å². The summed E-state index contributed by atoms with van der Waals surface area (Å²) < 4.78 is 0. The Labute approximate surface area is 95.0 Å². The van der Waals surface area contributed by atoms with Gasteiger partial charge in [0.05, 0.1) is 0 Å². The summed E-state index contributed by atoms with van der Waals surface area (Å²) in [6.45, 7) is 6.07. The number of allylic oxidation sites excluding steroid dienone is 1. The van der Waals surface area contributed by atoms with Gasteiger partial charge in [-0.25, -0.2) is 0 Å². The van der Waals surface area contributed by atoms with E-state index >= 15 is 0 Å². The van der Waals surface area contributed by atoms with Crippen molar-refractivity contribution < 1.29 is 4.79 Å². The van der Waals surface area contributed by atoms with E-state index in [4.69, 9.17) is 0 Å². The first-order valence-electron chi connectivity index (χ1n) is 6.35. The van der Waals surface area contributed by atoms with Crippen molar-refractivity contribution in [3.8, 4) is 0 Å². The summed E-state index contributed by atoms with van der Waals surface area (Å²) in [5, 5.41) is 0. The summed E-state index contributed by atoms with van der Waals surface area (Å²) in [4.78, 5) is 10.1. The minimum atomic E-state index is 0.744. The fourth-order valence-electron chi connectivity index (χ4n) is 1.82. The highest BCUT2D eigenvalue weighted by Gasteiger charge is 2.01. The molecular weight excluding hydrogens is 184 g/mol. The van der Waals surface area contributed by atoms with E-state index in [-0.39, 0.29) is 0 Å². The molecule has 0 aliphatic carbocycles. The highest BCUT2D eigenvalue weighted by molar-refractivity contribution is 5.48. The molecule has 88 valence electrons. The quantitative estimate of drug-likeness (QED) is 0.278. The van der Waals surface area contributed by atoms with Gasteiger partial charge in [0.1, 0.15) is 6.29 Å². The SMILES string of the molecule is C=CCCCCC(C)CCCCCC=O. The Balaban J connectivity index is 3.14. The van der Waals surface area contributed by atoms with Crippen LogP contribution in [0.15, 0.2) is 12.7 Å². The third-order valence-electron chi connectivity index (χ3n) is 2.87. The molecule has 0 heterocycles. The lowest BCUT2D eigenvalue weighted by Gasteiger charge is -2.10. The van der Waals surface area contributed by atoms with E-state index in [2.05, 4.69) is 13.5 Å². The van der Waals surface area contributed by atoms with Gasteiger partial charge in [0.25, 0.3) is 0 Å². The summed E-state index contributed by atoms with van der Waals surface area (Å²) in [7, 11) is 0. The predicted octanol–water partition coefficient (Wildman–Crippen LogP) is 4.52. The van der Waals surface area contributed by atoms with Crippen molar-refractivity contribution in [1.29, 1.82) is 0 Å². The maximum Gasteiger partial charge on any atom is 0.119 e. The second-order valence-corrected chi connectivity index (χ2v) is 4.48. The van der Waals surface area contributed by atoms with Crippen molar-refractivity contribution in [3.05, 3.63) is 12.7 Å². The van der Waals surface area contributed by atoms with Crippen molar-refractivity contribution in [2.24, 2.45) is 5.92 Å². The van der Waals surface area contributed by atoms with E-state index in [1.54, 1.807) is 0 Å². The number of rotatable bonds is 11. The van der Waals surface area contributed by atoms with Crippen molar-refractivity contribution in [2.45, 2.75) is 64.7 Å². The molecule has 0 spiro atoms. The monoisotopic (exact) mass is 210 g/mol. The van der Waals surface area contributed by atoms with Crippen LogP contribution in [-0.4, -0.2) is 6.29 Å². The molecule has 0 aromatic carbocycles. The maximum atomic E-state index is 10.1. The summed E-state index contributed by atoms with van der Waals surface area (Å²) >= 11 is 0. The lowest BCUT2D eigenvalue weighted by Crippen LogP contribution is -1.94. The Hall–Kier alpha value is -0.590. The molecule has 0 bridgehead atoms. The minimum Gasteiger partial charge on any atom is -0.303 e. The minimum absolute atomic E-state index is 0.744. The van der Waals surface area contributed by atoms with Gasteiger partial charge in [-0.1, -0.05) is 45.1 Å². The number of hydrogen-bond donors (Lipinski definition) is 0. The fraction of sp³-hybridized carbons (Fsp3) is 0.786. The lowest BCUT2D eigenvalue weighted by molar-refractivity contribution is -0.107. The van der Waals surface area contributed by atoms with Crippen molar-refractivity contribution >= 4 is 6.29 Å². The molecule has 1 atom stereocenters. The molecule has 0 rings (SSSR count). The van der Waals surface area contributed by atoms with Gasteiger partial charge in [-0.3, -0.25) is 0 Å². The highest BCUT2D eigenvalue weighted by Crippen LogP contribution is 2.16. The zero-order chi connectivity index (χ0) is 11.4. The molecule has 0 radical (unpaired) electrons. The highest BCUT2D eigenvalue weighted by atomic mass is 16.1. The first kappa shape index (κ1) is 14.4. The van der Waals surface area contributed by atoms with E-state index in [0.717, 1.165) is 31.5 Å². The second kappa shape index (κ2) is 11.5. The van der Waals surface area contributed by atoms with Crippen LogP contribution in [-0.2, 0) is 4.79 Å². The summed E-state index contributed by atoms with van der Waals surface area (Å²) in [5.41, 5.74) is 0. The zero-order valence-electron chi connectivity index (χ0n) is 10.2. The van der Waals surface area contributed by atoms with E-state index < -0.39 is 0 Å². The Kier molecular flexibility index (Phi) is 11.0. The van der Waals surface area contributed by atoms with E-state index in [9.17, 15) is 4.79 Å². The second-order valence-electron chi connectivity index (χ2n) is 4.48. The molecular formula is C14H26O. The van der Waals surface area contributed by atoms with Gasteiger partial charge in [-0.2, -0.15) is 0 Å². The topological polar surface area (TPSA) is 17.1 Å². The van der Waals surface area contributed by atoms with Gasteiger partial charge in [0.2, 0.25) is 0 Å². The van der Waals surface area contributed by atoms with Crippen LogP contribution in [0.1, 0.15) is 64.7 Å². The molecule has 15 heavy (non-hydrogen) atoms. The standard InChI is InChI=1S/C14H26O/c1-3-4-5-8-11-14(2)12-9-6-7-10-13-15/h3,13-14H,1,4-12H2,2H3. The Morgan fingerprint density at radius 1 is 1.00 bits per heavy atom. The van der Waals surface area contributed by atoms with E-state index in [0.29, 0.717) is 0 Å². The lowest BCUT2D eigenvalue weighted by atomic mass is 9.96. The number of carbonyl (C=O) groups excluding carboxylic acids is 1. The average Bonchev–Trinajstić information content (AvgIpc) is 2.24. The summed E-state index contributed by atoms with van der Waals surface area (Å²) in [6.07, 6.45) is 13.8. The molecule has 0 N–H and O–H groups in total. The molecule has 1 nitrogen and oxygen atoms in total. The zero-order valence-corrected chi connectivity index (χ0v) is 10.2. The predicted molar refractivity (Wildman–Crippen MR) is 67.0 cm³/mol. The molecule has 0 aliphatic rings. The van der Waals surface area contributed by atoms with Crippen LogP contribution in [0.3, 0.4) is 0 Å². The molecule has 0 amide bonds. The molecule has 1 unspecified atom stereocenters. The van der Waals surface area contributed by atoms with Crippen molar-refractivity contribution in [1.82, 2.24) is 0 Å². The van der Waals surface area contributed by atoms with Gasteiger partial charge in [0.15, 0.2) is 0 Å². The third kappa shape index (κ3) is 11.3. The third-order valence-corrected chi connectivity index (χ3v) is 2.87. The molecule has 0 aromatic rings. The Morgan fingerprint density at radius 3 is 2.20 bits per heavy atom. The van der Waals surface area contributed by atoms with E-state index in [1.807, 2.05) is 6.08 Å². The summed E-state index contributed by atoms with van der Waals surface area (Å²) in [5.74, 6) is 0.853. The molecule has 0 fully saturated rings. The van der Waals surface area contributed by atoms with Crippen LogP contribution >= 0.6 is 0 Å². The van der Waals surface area contributed by atoms with Crippen molar-refractivity contribution in [3.63, 3.8) is 0 Å². The molecule has 0 aliphatic heterocycles. The Morgan fingerprint density at radius 2 is 1.60 bits per heavy atom. The first-order chi connectivity index (χ1) is 7.31. The van der Waals surface area contributed by atoms with Crippen LogP contribution in [0.5, 0.6) is 0 Å². The maximum absolute atomic E-state index is 10.1. The van der Waals surface area contributed by atoms with E-state index in [1.165, 1.54) is 38.5 Å². The molecule has 0 aromatic heterocycles. The van der Waals surface area contributed by atoms with Crippen LogP contribution in [0.2, 0.25) is 0 Å². The van der Waals surface area contributed by atoms with Gasteiger partial charge < -0.3 is 4.79 Å². The average molecular weight is 210 g/mol. The largest absolute Gasteiger partial charge is 0.303 e. The molecule has 1 heteroatoms. The van der Waals surface area contributed by atoms with Gasteiger partial charge >= 0.3 is 0 Å². The smallest absolute Gasteiger partial charge is 0.119 e. The van der Waals surface area contributed by atoms with Crippen molar-refractivity contribution in [2.75, 3.05) is 0 Å². The first-order valence-corrected chi connectivity index (χ1v) is 6.35. The van der Waals surface area contributed by atoms with Gasteiger partial charge in [-0.15, -0.1) is 6.58 Å². The van der Waals surface area contributed by atoms with Crippen LogP contribution < -0.4 is 0 Å². The Bertz CT molecular complexity index is 151. The number of carbonyl (C=O) groups is 1. The van der Waals surface area contributed by atoms with Gasteiger partial charge in [0, 0.05) is 6.42 Å². The normalized spacial score (nSPS) is 12.3. The molecule has 0 saturated heterocycles. The van der Waals surface area contributed by atoms with Crippen LogP contribution in [0.25, 0.3) is 0 Å². The van der Waals surface area contributed by atoms with Crippen LogP contribution in [0.4, 0.5) is 0 Å². The number of hydrogen-bond acceptors (Lipinski definition) is 1. The molecule has 0 saturated carbocycles. The fourth-order valence-corrected chi connectivity index (χ4v) is 1.82. The summed E-state index contributed by atoms with van der Waals surface area (Å²) in [6, 6.07) is 0. The number of unbranched alkanes of at least 4 members (excludes halogenated alkanes) is 5. The van der Waals surface area contributed by atoms with Gasteiger partial charge in [-0.05, 0) is 25.2 Å². The number of aldehydes is 1.